The Labute approximate surface area is 129 Å². The molecule has 21 heavy (non-hydrogen) atoms. The molecule has 2 aromatic rings. The van der Waals surface area contributed by atoms with Gasteiger partial charge >= 0.3 is 0 Å². The van der Waals surface area contributed by atoms with Crippen molar-refractivity contribution in [2.45, 2.75) is 0 Å². The predicted molar refractivity (Wildman–Crippen MR) is 86.3 cm³/mol. The van der Waals surface area contributed by atoms with E-state index in [4.69, 9.17) is 16.3 Å². The summed E-state index contributed by atoms with van der Waals surface area (Å²) in [5.41, 5.74) is 1.55. The van der Waals surface area contributed by atoms with Crippen LogP contribution in [0, 0.1) is 0 Å². The molecule has 0 aliphatic heterocycles. The second-order valence-electron chi connectivity index (χ2n) is 4.59. The fourth-order valence-corrected chi connectivity index (χ4v) is 2.12. The molecule has 1 amide bonds. The van der Waals surface area contributed by atoms with Crippen molar-refractivity contribution in [2.75, 3.05) is 30.9 Å². The molecule has 1 N–H and O–H groups in total. The summed E-state index contributed by atoms with van der Waals surface area (Å²) in [5.74, 6) is 0.521. The van der Waals surface area contributed by atoms with E-state index in [0.29, 0.717) is 16.5 Å². The van der Waals surface area contributed by atoms with E-state index >= 15 is 0 Å². The van der Waals surface area contributed by atoms with Gasteiger partial charge in [0, 0.05) is 18.8 Å². The molecule has 4 nitrogen and oxygen atoms in total. The zero-order valence-corrected chi connectivity index (χ0v) is 12.7. The molecule has 0 atom stereocenters. The first-order valence-electron chi connectivity index (χ1n) is 6.49. The van der Waals surface area contributed by atoms with Crippen molar-refractivity contribution in [3.05, 3.63) is 53.6 Å². The number of amides is 1. The van der Waals surface area contributed by atoms with Crippen molar-refractivity contribution < 1.29 is 9.53 Å². The molecular weight excluding hydrogens is 288 g/mol. The summed E-state index contributed by atoms with van der Waals surface area (Å²) in [6.45, 7) is 0.242. The Morgan fingerprint density at radius 3 is 2.57 bits per heavy atom. The number of para-hydroxylation sites is 1. The number of ether oxygens (including phenoxy) is 1. The molecule has 0 saturated heterocycles. The van der Waals surface area contributed by atoms with E-state index in [1.165, 1.54) is 0 Å². The van der Waals surface area contributed by atoms with Crippen molar-refractivity contribution in [3.8, 4) is 5.75 Å². The Bertz CT molecular complexity index is 617. The third-order valence-corrected chi connectivity index (χ3v) is 3.34. The van der Waals surface area contributed by atoms with Gasteiger partial charge in [0.25, 0.3) is 0 Å². The van der Waals surface area contributed by atoms with Crippen LogP contribution in [-0.4, -0.2) is 26.6 Å². The third kappa shape index (κ3) is 4.13. The van der Waals surface area contributed by atoms with Crippen molar-refractivity contribution in [2.24, 2.45) is 0 Å². The summed E-state index contributed by atoms with van der Waals surface area (Å²) < 4.78 is 5.07. The van der Waals surface area contributed by atoms with Gasteiger partial charge < -0.3 is 15.0 Å². The van der Waals surface area contributed by atoms with Gasteiger partial charge in [-0.3, -0.25) is 4.79 Å². The molecule has 2 rings (SSSR count). The Morgan fingerprint density at radius 2 is 1.95 bits per heavy atom. The van der Waals surface area contributed by atoms with Crippen LogP contribution in [0.1, 0.15) is 0 Å². The van der Waals surface area contributed by atoms with E-state index in [0.717, 1.165) is 5.69 Å². The molecule has 0 spiro atoms. The summed E-state index contributed by atoms with van der Waals surface area (Å²) in [4.78, 5) is 13.9. The Hall–Kier alpha value is -2.20. The summed E-state index contributed by atoms with van der Waals surface area (Å²) in [7, 11) is 3.43. The molecule has 0 aliphatic rings. The summed E-state index contributed by atoms with van der Waals surface area (Å²) in [5, 5.41) is 3.24. The van der Waals surface area contributed by atoms with Gasteiger partial charge in [0.2, 0.25) is 5.91 Å². The van der Waals surface area contributed by atoms with Gasteiger partial charge in [0.15, 0.2) is 0 Å². The zero-order valence-electron chi connectivity index (χ0n) is 12.0. The predicted octanol–water partition coefficient (Wildman–Crippen LogP) is 3.42. The first-order valence-corrected chi connectivity index (χ1v) is 6.87. The molecule has 0 saturated carbocycles. The van der Waals surface area contributed by atoms with Gasteiger partial charge in [0.1, 0.15) is 5.75 Å². The number of halogens is 1. The van der Waals surface area contributed by atoms with Crippen LogP contribution in [0.15, 0.2) is 48.5 Å². The number of anilines is 2. The van der Waals surface area contributed by atoms with Gasteiger partial charge in [-0.05, 0) is 24.3 Å². The SMILES string of the molecule is COc1ccc(NC(=O)CN(C)c2ccccc2)c(Cl)c1. The van der Waals surface area contributed by atoms with E-state index in [-0.39, 0.29) is 12.5 Å². The average Bonchev–Trinajstić information content (AvgIpc) is 2.50. The number of nitrogens with zero attached hydrogens (tertiary/aromatic N) is 1. The zero-order chi connectivity index (χ0) is 15.2. The Morgan fingerprint density at radius 1 is 1.24 bits per heavy atom. The van der Waals surface area contributed by atoms with E-state index in [2.05, 4.69) is 5.32 Å². The first-order chi connectivity index (χ1) is 10.1. The van der Waals surface area contributed by atoms with E-state index in [1.807, 2.05) is 42.3 Å². The molecule has 0 bridgehead atoms. The lowest BCUT2D eigenvalue weighted by Gasteiger charge is -2.19. The number of likely N-dealkylation sites (N-methyl/N-ethyl adjacent to an activating group) is 1. The fraction of sp³-hybridized carbons (Fsp3) is 0.188. The van der Waals surface area contributed by atoms with Crippen LogP contribution in [0.5, 0.6) is 5.75 Å². The number of rotatable bonds is 5. The second-order valence-corrected chi connectivity index (χ2v) is 4.99. The molecular formula is C16H17ClN2O2. The molecule has 0 fully saturated rings. The summed E-state index contributed by atoms with van der Waals surface area (Å²) >= 11 is 6.10. The highest BCUT2D eigenvalue weighted by Crippen LogP contribution is 2.26. The molecule has 0 aromatic heterocycles. The topological polar surface area (TPSA) is 41.6 Å². The maximum Gasteiger partial charge on any atom is 0.243 e. The van der Waals surface area contributed by atoms with Crippen LogP contribution < -0.4 is 15.0 Å². The highest BCUT2D eigenvalue weighted by molar-refractivity contribution is 6.33. The fourth-order valence-electron chi connectivity index (χ4n) is 1.90. The van der Waals surface area contributed by atoms with Gasteiger partial charge in [-0.2, -0.15) is 0 Å². The number of nitrogens with one attached hydrogen (secondary N) is 1. The highest BCUT2D eigenvalue weighted by atomic mass is 35.5. The number of carbonyl (C=O) groups excluding carboxylic acids is 1. The van der Waals surface area contributed by atoms with Crippen molar-refractivity contribution >= 4 is 28.9 Å². The number of benzene rings is 2. The van der Waals surface area contributed by atoms with Crippen molar-refractivity contribution in [1.82, 2.24) is 0 Å². The number of hydrogen-bond donors (Lipinski definition) is 1. The van der Waals surface area contributed by atoms with Crippen molar-refractivity contribution in [3.63, 3.8) is 0 Å². The van der Waals surface area contributed by atoms with Crippen LogP contribution in [0.25, 0.3) is 0 Å². The third-order valence-electron chi connectivity index (χ3n) is 3.03. The largest absolute Gasteiger partial charge is 0.497 e. The molecule has 5 heteroatoms. The van der Waals surface area contributed by atoms with Crippen LogP contribution in [-0.2, 0) is 4.79 Å². The average molecular weight is 305 g/mol. The Kier molecular flexibility index (Phi) is 5.06. The van der Waals surface area contributed by atoms with Gasteiger partial charge in [-0.25, -0.2) is 0 Å². The quantitative estimate of drug-likeness (QED) is 0.920. The summed E-state index contributed by atoms with van der Waals surface area (Å²) in [6.07, 6.45) is 0. The van der Waals surface area contributed by atoms with E-state index < -0.39 is 0 Å². The molecule has 0 heterocycles. The standard InChI is InChI=1S/C16H17ClN2O2/c1-19(12-6-4-3-5-7-12)11-16(20)18-15-9-8-13(21-2)10-14(15)17/h3-10H,11H2,1-2H3,(H,18,20). The molecule has 0 aliphatic carbocycles. The van der Waals surface area contributed by atoms with Gasteiger partial charge in [0.05, 0.1) is 24.4 Å². The van der Waals surface area contributed by atoms with Gasteiger partial charge in [-0.15, -0.1) is 0 Å². The van der Waals surface area contributed by atoms with Crippen LogP contribution in [0.3, 0.4) is 0 Å². The Balaban J connectivity index is 1.99. The second kappa shape index (κ2) is 6.99. The minimum absolute atomic E-state index is 0.131. The normalized spacial score (nSPS) is 10.0. The lowest BCUT2D eigenvalue weighted by atomic mass is 10.3. The summed E-state index contributed by atoms with van der Waals surface area (Å²) in [6, 6.07) is 14.9. The lowest BCUT2D eigenvalue weighted by Crippen LogP contribution is -2.30. The number of methoxy groups -OCH3 is 1. The lowest BCUT2D eigenvalue weighted by molar-refractivity contribution is -0.114. The monoisotopic (exact) mass is 304 g/mol. The first kappa shape index (κ1) is 15.2. The van der Waals surface area contributed by atoms with Gasteiger partial charge in [-0.1, -0.05) is 29.8 Å². The number of carbonyl (C=O) groups is 1. The minimum atomic E-state index is -0.131. The maximum atomic E-state index is 12.1. The smallest absolute Gasteiger partial charge is 0.243 e. The minimum Gasteiger partial charge on any atom is -0.497 e. The van der Waals surface area contributed by atoms with Crippen LogP contribution in [0.2, 0.25) is 5.02 Å². The van der Waals surface area contributed by atoms with E-state index in [1.54, 1.807) is 25.3 Å². The number of hydrogen-bond acceptors (Lipinski definition) is 3. The van der Waals surface area contributed by atoms with Crippen molar-refractivity contribution in [1.29, 1.82) is 0 Å². The van der Waals surface area contributed by atoms with Crippen LogP contribution in [0.4, 0.5) is 11.4 Å². The van der Waals surface area contributed by atoms with E-state index in [9.17, 15) is 4.79 Å². The molecule has 110 valence electrons. The molecule has 0 unspecified atom stereocenters. The maximum absolute atomic E-state index is 12.1. The molecule has 2 aromatic carbocycles. The molecule has 0 radical (unpaired) electrons. The van der Waals surface area contributed by atoms with Crippen LogP contribution >= 0.6 is 11.6 Å². The highest BCUT2D eigenvalue weighted by Gasteiger charge is 2.10.